The maximum absolute atomic E-state index is 12.1. The molecule has 0 saturated carbocycles. The van der Waals surface area contributed by atoms with Gasteiger partial charge in [0, 0.05) is 30.7 Å². The van der Waals surface area contributed by atoms with Crippen LogP contribution in [0.5, 0.6) is 5.75 Å². The Kier molecular flexibility index (Phi) is 6.86. The Bertz CT molecular complexity index is 833. The van der Waals surface area contributed by atoms with Gasteiger partial charge in [0.25, 0.3) is 5.91 Å². The van der Waals surface area contributed by atoms with Crippen LogP contribution >= 0.6 is 11.6 Å². The molecule has 27 heavy (non-hydrogen) atoms. The lowest BCUT2D eigenvalue weighted by Gasteiger charge is -2.25. The molecule has 1 aliphatic heterocycles. The van der Waals surface area contributed by atoms with Crippen molar-refractivity contribution in [1.82, 2.24) is 10.2 Å². The summed E-state index contributed by atoms with van der Waals surface area (Å²) in [5, 5.41) is 3.31. The van der Waals surface area contributed by atoms with Gasteiger partial charge in [-0.2, -0.15) is 0 Å². The highest BCUT2D eigenvalue weighted by Crippen LogP contribution is 2.11. The molecule has 0 aliphatic carbocycles. The second-order valence-electron chi connectivity index (χ2n) is 6.16. The fourth-order valence-corrected chi connectivity index (χ4v) is 2.86. The van der Waals surface area contributed by atoms with E-state index in [0.717, 1.165) is 18.7 Å². The maximum atomic E-state index is 12.1. The van der Waals surface area contributed by atoms with Gasteiger partial charge < -0.3 is 19.2 Å². The number of hydrogen-bond acceptors (Lipinski definition) is 6. The van der Waals surface area contributed by atoms with Crippen molar-refractivity contribution in [2.24, 2.45) is 0 Å². The summed E-state index contributed by atoms with van der Waals surface area (Å²) in [5.74, 6) is 0.227. The van der Waals surface area contributed by atoms with E-state index in [9.17, 15) is 9.59 Å². The van der Waals surface area contributed by atoms with E-state index in [1.54, 1.807) is 12.1 Å². The number of ether oxygens (including phenoxy) is 2. The molecule has 7 nitrogen and oxygen atoms in total. The smallest absolute Gasteiger partial charge is 0.258 e. The Hall–Kier alpha value is -2.35. The molecule has 144 valence electrons. The summed E-state index contributed by atoms with van der Waals surface area (Å²) in [6.45, 7) is 3.55. The fourth-order valence-electron chi connectivity index (χ4n) is 2.65. The lowest BCUT2D eigenvalue weighted by molar-refractivity contribution is -0.123. The Balaban J connectivity index is 1.47. The third-order valence-corrected chi connectivity index (χ3v) is 4.31. The number of nitrogens with zero attached hydrogens (tertiary/aromatic N) is 1. The third-order valence-electron chi connectivity index (χ3n) is 4.07. The number of hydrogen-bond donors (Lipinski definition) is 1. The predicted molar refractivity (Wildman–Crippen MR) is 99.9 cm³/mol. The SMILES string of the molecule is O=C(COc1coc(CN2CCOCC2)cc1=O)NCc1cccc(Cl)c1. The number of carbonyl (C=O) groups is 1. The summed E-state index contributed by atoms with van der Waals surface area (Å²) in [6.07, 6.45) is 1.25. The average Bonchev–Trinajstić information content (AvgIpc) is 2.67. The minimum atomic E-state index is -0.341. The normalized spacial score (nSPS) is 14.7. The molecule has 0 bridgehead atoms. The molecule has 0 spiro atoms. The van der Waals surface area contributed by atoms with Gasteiger partial charge in [-0.3, -0.25) is 14.5 Å². The molecule has 1 aliphatic rings. The van der Waals surface area contributed by atoms with Crippen molar-refractivity contribution in [3.63, 3.8) is 0 Å². The lowest BCUT2D eigenvalue weighted by Crippen LogP contribution is -2.35. The van der Waals surface area contributed by atoms with Gasteiger partial charge in [0.1, 0.15) is 12.0 Å². The Labute approximate surface area is 161 Å². The topological polar surface area (TPSA) is 81.0 Å². The van der Waals surface area contributed by atoms with Crippen molar-refractivity contribution < 1.29 is 18.7 Å². The highest BCUT2D eigenvalue weighted by molar-refractivity contribution is 6.30. The average molecular weight is 393 g/mol. The van der Waals surface area contributed by atoms with Crippen molar-refractivity contribution in [2.45, 2.75) is 13.1 Å². The van der Waals surface area contributed by atoms with Crippen molar-refractivity contribution in [2.75, 3.05) is 32.9 Å². The van der Waals surface area contributed by atoms with Crippen LogP contribution in [-0.4, -0.2) is 43.7 Å². The predicted octanol–water partition coefficient (Wildman–Crippen LogP) is 1.82. The first kappa shape index (κ1) is 19.4. The van der Waals surface area contributed by atoms with Crippen LogP contribution < -0.4 is 15.5 Å². The van der Waals surface area contributed by atoms with Crippen LogP contribution in [0.1, 0.15) is 11.3 Å². The van der Waals surface area contributed by atoms with E-state index in [2.05, 4.69) is 10.2 Å². The van der Waals surface area contributed by atoms with Gasteiger partial charge in [0.15, 0.2) is 6.61 Å². The van der Waals surface area contributed by atoms with Gasteiger partial charge in [0.05, 0.1) is 19.8 Å². The molecule has 3 rings (SSSR count). The van der Waals surface area contributed by atoms with Crippen LogP contribution in [0, 0.1) is 0 Å². The first-order chi connectivity index (χ1) is 13.1. The van der Waals surface area contributed by atoms with E-state index in [1.807, 2.05) is 12.1 Å². The number of carbonyl (C=O) groups excluding carboxylic acids is 1. The molecule has 1 N–H and O–H groups in total. The van der Waals surface area contributed by atoms with E-state index in [1.165, 1.54) is 12.3 Å². The quantitative estimate of drug-likeness (QED) is 0.774. The van der Waals surface area contributed by atoms with Gasteiger partial charge in [-0.15, -0.1) is 0 Å². The molecular weight excluding hydrogens is 372 g/mol. The van der Waals surface area contributed by atoms with Crippen molar-refractivity contribution >= 4 is 17.5 Å². The highest BCUT2D eigenvalue weighted by atomic mass is 35.5. The largest absolute Gasteiger partial charge is 0.477 e. The van der Waals surface area contributed by atoms with E-state index in [-0.39, 0.29) is 23.7 Å². The zero-order valence-corrected chi connectivity index (χ0v) is 15.5. The van der Waals surface area contributed by atoms with Crippen LogP contribution in [0.3, 0.4) is 0 Å². The summed E-state index contributed by atoms with van der Waals surface area (Å²) >= 11 is 5.90. The first-order valence-electron chi connectivity index (χ1n) is 8.66. The molecule has 1 aromatic heterocycles. The summed E-state index contributed by atoms with van der Waals surface area (Å²) < 4.78 is 16.0. The number of halogens is 1. The third kappa shape index (κ3) is 6.09. The number of nitrogens with one attached hydrogen (secondary N) is 1. The zero-order chi connectivity index (χ0) is 19.1. The highest BCUT2D eigenvalue weighted by Gasteiger charge is 2.14. The lowest BCUT2D eigenvalue weighted by atomic mass is 10.2. The van der Waals surface area contributed by atoms with Gasteiger partial charge in [-0.05, 0) is 17.7 Å². The molecule has 1 amide bonds. The van der Waals surface area contributed by atoms with E-state index < -0.39 is 0 Å². The molecule has 8 heteroatoms. The fraction of sp³-hybridized carbons (Fsp3) is 0.368. The van der Waals surface area contributed by atoms with E-state index in [0.29, 0.717) is 37.1 Å². The number of rotatable bonds is 7. The molecule has 1 aromatic carbocycles. The van der Waals surface area contributed by atoms with E-state index in [4.69, 9.17) is 25.5 Å². The van der Waals surface area contributed by atoms with Crippen LogP contribution in [-0.2, 0) is 22.6 Å². The second kappa shape index (κ2) is 9.55. The number of amides is 1. The number of benzene rings is 1. The summed E-state index contributed by atoms with van der Waals surface area (Å²) in [6, 6.07) is 8.59. The van der Waals surface area contributed by atoms with Crippen LogP contribution in [0.15, 0.2) is 45.8 Å². The Morgan fingerprint density at radius 1 is 1.26 bits per heavy atom. The minimum absolute atomic E-state index is 0.0126. The van der Waals surface area contributed by atoms with Gasteiger partial charge >= 0.3 is 0 Å². The van der Waals surface area contributed by atoms with Crippen molar-refractivity contribution in [1.29, 1.82) is 0 Å². The second-order valence-corrected chi connectivity index (χ2v) is 6.60. The van der Waals surface area contributed by atoms with Gasteiger partial charge in [-0.25, -0.2) is 0 Å². The molecular formula is C19H21ClN2O5. The molecule has 0 radical (unpaired) electrons. The summed E-state index contributed by atoms with van der Waals surface area (Å²) in [4.78, 5) is 26.2. The molecule has 0 atom stereocenters. The van der Waals surface area contributed by atoms with Crippen LogP contribution in [0.2, 0.25) is 5.02 Å². The van der Waals surface area contributed by atoms with Crippen LogP contribution in [0.4, 0.5) is 0 Å². The minimum Gasteiger partial charge on any atom is -0.477 e. The monoisotopic (exact) mass is 392 g/mol. The summed E-state index contributed by atoms with van der Waals surface area (Å²) in [5.41, 5.74) is 0.565. The van der Waals surface area contributed by atoms with Crippen LogP contribution in [0.25, 0.3) is 0 Å². The molecule has 2 aromatic rings. The first-order valence-corrected chi connectivity index (χ1v) is 9.04. The molecule has 1 saturated heterocycles. The van der Waals surface area contributed by atoms with Crippen molar-refractivity contribution in [3.8, 4) is 5.75 Å². The molecule has 1 fully saturated rings. The van der Waals surface area contributed by atoms with E-state index >= 15 is 0 Å². The number of morpholine rings is 1. The molecule has 0 unspecified atom stereocenters. The van der Waals surface area contributed by atoms with Gasteiger partial charge in [0.2, 0.25) is 11.2 Å². The summed E-state index contributed by atoms with van der Waals surface area (Å²) in [7, 11) is 0. The maximum Gasteiger partial charge on any atom is 0.258 e. The Morgan fingerprint density at radius 3 is 2.81 bits per heavy atom. The Morgan fingerprint density at radius 2 is 2.07 bits per heavy atom. The van der Waals surface area contributed by atoms with Gasteiger partial charge in [-0.1, -0.05) is 23.7 Å². The van der Waals surface area contributed by atoms with Crippen molar-refractivity contribution in [3.05, 3.63) is 63.2 Å². The standard InChI is InChI=1S/C19H21ClN2O5/c20-15-3-1-2-14(8-15)10-21-19(24)13-27-18-12-26-16(9-17(18)23)11-22-4-6-25-7-5-22/h1-3,8-9,12H,4-7,10-11,13H2,(H,21,24). The molecule has 2 heterocycles. The zero-order valence-electron chi connectivity index (χ0n) is 14.8.